The number of nitrogens with zero attached hydrogens (tertiary/aromatic N) is 3. The van der Waals surface area contributed by atoms with Gasteiger partial charge in [-0.2, -0.15) is 10.4 Å². The van der Waals surface area contributed by atoms with Crippen molar-refractivity contribution in [3.8, 4) is 22.9 Å². The minimum Gasteiger partial charge on any atom is -0.383 e. The number of aromatic nitrogens is 2. The standard InChI is InChI=1S/C18H16N4/c1-12-7-6-8-13(2)16(12)17-15(11-19)21-22(18(17)20)14-9-4-3-5-10-14/h3-10H,20H2,1-2H3. The van der Waals surface area contributed by atoms with E-state index in [0.29, 0.717) is 17.1 Å². The number of anilines is 1. The molecule has 1 heterocycles. The molecule has 0 bridgehead atoms. The maximum absolute atomic E-state index is 9.46. The molecule has 3 rings (SSSR count). The van der Waals surface area contributed by atoms with Crippen molar-refractivity contribution in [1.29, 1.82) is 5.26 Å². The summed E-state index contributed by atoms with van der Waals surface area (Å²) in [5.41, 5.74) is 11.4. The first-order valence-corrected chi connectivity index (χ1v) is 7.04. The van der Waals surface area contributed by atoms with Gasteiger partial charge in [-0.3, -0.25) is 0 Å². The molecule has 22 heavy (non-hydrogen) atoms. The van der Waals surface area contributed by atoms with Gasteiger partial charge >= 0.3 is 0 Å². The first-order chi connectivity index (χ1) is 10.6. The second-order valence-corrected chi connectivity index (χ2v) is 5.23. The number of nitrogens with two attached hydrogens (primary N) is 1. The summed E-state index contributed by atoms with van der Waals surface area (Å²) in [5.74, 6) is 0.486. The molecule has 3 aromatic rings. The molecule has 0 saturated heterocycles. The maximum atomic E-state index is 9.46. The summed E-state index contributed by atoms with van der Waals surface area (Å²) < 4.78 is 1.62. The summed E-state index contributed by atoms with van der Waals surface area (Å²) in [4.78, 5) is 0. The highest BCUT2D eigenvalue weighted by molar-refractivity contribution is 5.83. The minimum absolute atomic E-state index is 0.346. The fraction of sp³-hybridized carbons (Fsp3) is 0.111. The monoisotopic (exact) mass is 288 g/mol. The predicted molar refractivity (Wildman–Crippen MR) is 87.6 cm³/mol. The van der Waals surface area contributed by atoms with Crippen LogP contribution in [0.4, 0.5) is 5.82 Å². The quantitative estimate of drug-likeness (QED) is 0.783. The van der Waals surface area contributed by atoms with E-state index in [-0.39, 0.29) is 0 Å². The van der Waals surface area contributed by atoms with Gasteiger partial charge in [0, 0.05) is 0 Å². The molecular formula is C18H16N4. The molecule has 0 unspecified atom stereocenters. The Kier molecular flexibility index (Phi) is 3.40. The van der Waals surface area contributed by atoms with E-state index in [1.807, 2.05) is 62.4 Å². The zero-order valence-electron chi connectivity index (χ0n) is 12.5. The van der Waals surface area contributed by atoms with Crippen molar-refractivity contribution in [3.63, 3.8) is 0 Å². The molecule has 4 heteroatoms. The fourth-order valence-electron chi connectivity index (χ4n) is 2.73. The van der Waals surface area contributed by atoms with Crippen LogP contribution in [-0.4, -0.2) is 9.78 Å². The van der Waals surface area contributed by atoms with Gasteiger partial charge in [-0.1, -0.05) is 36.4 Å². The molecule has 0 amide bonds. The minimum atomic E-state index is 0.346. The summed E-state index contributed by atoms with van der Waals surface area (Å²) in [6.45, 7) is 4.03. The lowest BCUT2D eigenvalue weighted by atomic mass is 9.95. The number of nitriles is 1. The van der Waals surface area contributed by atoms with E-state index >= 15 is 0 Å². The van der Waals surface area contributed by atoms with Gasteiger partial charge in [-0.05, 0) is 42.7 Å². The van der Waals surface area contributed by atoms with Gasteiger partial charge in [0.2, 0.25) is 0 Å². The van der Waals surface area contributed by atoms with E-state index in [0.717, 1.165) is 22.4 Å². The first-order valence-electron chi connectivity index (χ1n) is 7.04. The number of nitrogen functional groups attached to an aromatic ring is 1. The summed E-state index contributed by atoms with van der Waals surface area (Å²) in [6, 6.07) is 17.8. The van der Waals surface area contributed by atoms with Crippen LogP contribution in [0.2, 0.25) is 0 Å². The van der Waals surface area contributed by atoms with Crippen molar-refractivity contribution in [3.05, 3.63) is 65.4 Å². The van der Waals surface area contributed by atoms with Gasteiger partial charge in [-0.15, -0.1) is 0 Å². The lowest BCUT2D eigenvalue weighted by Gasteiger charge is -2.10. The largest absolute Gasteiger partial charge is 0.383 e. The maximum Gasteiger partial charge on any atom is 0.172 e. The Hall–Kier alpha value is -3.06. The van der Waals surface area contributed by atoms with Crippen LogP contribution in [0.25, 0.3) is 16.8 Å². The predicted octanol–water partition coefficient (Wildman–Crippen LogP) is 3.61. The van der Waals surface area contributed by atoms with E-state index in [4.69, 9.17) is 5.73 Å². The van der Waals surface area contributed by atoms with E-state index in [1.165, 1.54) is 0 Å². The number of benzene rings is 2. The molecule has 108 valence electrons. The summed E-state index contributed by atoms with van der Waals surface area (Å²) in [5, 5.41) is 13.9. The van der Waals surface area contributed by atoms with Gasteiger partial charge < -0.3 is 5.73 Å². The first kappa shape index (κ1) is 13.9. The van der Waals surface area contributed by atoms with E-state index in [9.17, 15) is 5.26 Å². The van der Waals surface area contributed by atoms with Gasteiger partial charge in [0.15, 0.2) is 5.69 Å². The zero-order chi connectivity index (χ0) is 15.7. The van der Waals surface area contributed by atoms with E-state index in [1.54, 1.807) is 4.68 Å². The molecule has 0 fully saturated rings. The number of hydrogen-bond donors (Lipinski definition) is 1. The lowest BCUT2D eigenvalue weighted by Crippen LogP contribution is -2.02. The smallest absolute Gasteiger partial charge is 0.172 e. The van der Waals surface area contributed by atoms with Crippen LogP contribution in [0.5, 0.6) is 0 Å². The Bertz CT molecular complexity index is 850. The molecule has 0 aliphatic rings. The molecule has 0 saturated carbocycles. The molecule has 0 spiro atoms. The molecule has 2 aromatic carbocycles. The third-order valence-electron chi connectivity index (χ3n) is 3.76. The van der Waals surface area contributed by atoms with Crippen LogP contribution >= 0.6 is 0 Å². The van der Waals surface area contributed by atoms with Crippen molar-refractivity contribution in [1.82, 2.24) is 9.78 Å². The SMILES string of the molecule is Cc1cccc(C)c1-c1c(C#N)nn(-c2ccccc2)c1N. The third-order valence-corrected chi connectivity index (χ3v) is 3.76. The van der Waals surface area contributed by atoms with Crippen LogP contribution in [0, 0.1) is 25.2 Å². The summed E-state index contributed by atoms with van der Waals surface area (Å²) in [7, 11) is 0. The van der Waals surface area contributed by atoms with Gasteiger partial charge in [-0.25, -0.2) is 4.68 Å². The average molecular weight is 288 g/mol. The van der Waals surface area contributed by atoms with Crippen molar-refractivity contribution in [2.24, 2.45) is 0 Å². The highest BCUT2D eigenvalue weighted by Gasteiger charge is 2.20. The number of para-hydroxylation sites is 1. The molecule has 0 aliphatic carbocycles. The van der Waals surface area contributed by atoms with E-state index < -0.39 is 0 Å². The second kappa shape index (κ2) is 5.38. The Labute approximate surface area is 129 Å². The Morgan fingerprint density at radius 1 is 0.955 bits per heavy atom. The molecule has 0 atom stereocenters. The van der Waals surface area contributed by atoms with E-state index in [2.05, 4.69) is 11.2 Å². The highest BCUT2D eigenvalue weighted by atomic mass is 15.3. The number of hydrogen-bond acceptors (Lipinski definition) is 3. The molecule has 0 radical (unpaired) electrons. The molecule has 4 nitrogen and oxygen atoms in total. The summed E-state index contributed by atoms with van der Waals surface area (Å²) in [6.07, 6.45) is 0. The van der Waals surface area contributed by atoms with Crippen LogP contribution in [0.1, 0.15) is 16.8 Å². The number of aryl methyl sites for hydroxylation is 2. The Morgan fingerprint density at radius 2 is 1.59 bits per heavy atom. The van der Waals surface area contributed by atoms with Crippen LogP contribution in [0.15, 0.2) is 48.5 Å². The van der Waals surface area contributed by atoms with Gasteiger partial charge in [0.05, 0.1) is 11.3 Å². The number of rotatable bonds is 2. The van der Waals surface area contributed by atoms with Crippen molar-refractivity contribution in [2.45, 2.75) is 13.8 Å². The average Bonchev–Trinajstić information content (AvgIpc) is 2.85. The van der Waals surface area contributed by atoms with Crippen molar-refractivity contribution >= 4 is 5.82 Å². The molecule has 2 N–H and O–H groups in total. The fourth-order valence-corrected chi connectivity index (χ4v) is 2.73. The zero-order valence-corrected chi connectivity index (χ0v) is 12.5. The molecular weight excluding hydrogens is 272 g/mol. The normalized spacial score (nSPS) is 10.4. The van der Waals surface area contributed by atoms with Crippen LogP contribution < -0.4 is 5.73 Å². The van der Waals surface area contributed by atoms with Crippen molar-refractivity contribution in [2.75, 3.05) is 5.73 Å². The summed E-state index contributed by atoms with van der Waals surface area (Å²) >= 11 is 0. The van der Waals surface area contributed by atoms with Gasteiger partial charge in [0.1, 0.15) is 11.9 Å². The molecule has 1 aromatic heterocycles. The molecule has 0 aliphatic heterocycles. The van der Waals surface area contributed by atoms with Crippen molar-refractivity contribution < 1.29 is 0 Å². The third kappa shape index (κ3) is 2.13. The van der Waals surface area contributed by atoms with Crippen LogP contribution in [0.3, 0.4) is 0 Å². The van der Waals surface area contributed by atoms with Gasteiger partial charge in [0.25, 0.3) is 0 Å². The van der Waals surface area contributed by atoms with Crippen LogP contribution in [-0.2, 0) is 0 Å². The Balaban J connectivity index is 2.30. The lowest BCUT2D eigenvalue weighted by molar-refractivity contribution is 0.883. The second-order valence-electron chi connectivity index (χ2n) is 5.23. The highest BCUT2D eigenvalue weighted by Crippen LogP contribution is 2.35. The Morgan fingerprint density at radius 3 is 2.18 bits per heavy atom. The topological polar surface area (TPSA) is 67.6 Å².